The molecule has 0 spiro atoms. The van der Waals surface area contributed by atoms with Crippen LogP contribution < -0.4 is 10.0 Å². The molecular weight excluding hydrogens is 292 g/mol. The fourth-order valence-electron chi connectivity index (χ4n) is 2.54. The monoisotopic (exact) mass is 316 g/mol. The summed E-state index contributed by atoms with van der Waals surface area (Å²) < 4.78 is 27.7. The van der Waals surface area contributed by atoms with Gasteiger partial charge in [-0.2, -0.15) is 0 Å². The lowest BCUT2D eigenvalue weighted by Crippen LogP contribution is -2.29. The molecule has 1 aromatic heterocycles. The summed E-state index contributed by atoms with van der Waals surface area (Å²) in [7, 11) is -3.32. The summed E-state index contributed by atoms with van der Waals surface area (Å²) in [6, 6.07) is 3.60. The molecule has 2 N–H and O–H groups in total. The van der Waals surface area contributed by atoms with Gasteiger partial charge in [-0.05, 0) is 37.4 Å². The van der Waals surface area contributed by atoms with Gasteiger partial charge in [-0.3, -0.25) is 0 Å². The third kappa shape index (κ3) is 4.55. The second kappa shape index (κ2) is 7.54. The van der Waals surface area contributed by atoms with Crippen LogP contribution in [0.2, 0.25) is 0 Å². The number of sulfonamides is 1. The van der Waals surface area contributed by atoms with Crippen molar-refractivity contribution < 1.29 is 8.42 Å². The maximum atomic E-state index is 12.2. The Morgan fingerprint density at radius 2 is 2.00 bits per heavy atom. The molecule has 0 unspecified atom stereocenters. The van der Waals surface area contributed by atoms with Crippen LogP contribution in [0.5, 0.6) is 0 Å². The maximum absolute atomic E-state index is 12.2. The number of nitrogens with one attached hydrogen (secondary N) is 2. The molecule has 0 aliphatic heterocycles. The average Bonchev–Trinajstić information content (AvgIpc) is 2.94. The lowest BCUT2D eigenvalue weighted by Gasteiger charge is -2.21. The van der Waals surface area contributed by atoms with Crippen LogP contribution >= 0.6 is 11.3 Å². The predicted molar refractivity (Wildman–Crippen MR) is 83.5 cm³/mol. The zero-order valence-electron chi connectivity index (χ0n) is 12.0. The second-order valence-electron chi connectivity index (χ2n) is 5.36. The van der Waals surface area contributed by atoms with E-state index in [0.717, 1.165) is 30.8 Å². The molecule has 1 heterocycles. The number of rotatable bonds is 7. The second-order valence-corrected chi connectivity index (χ2v) is 8.52. The van der Waals surface area contributed by atoms with Crippen molar-refractivity contribution in [3.8, 4) is 0 Å². The van der Waals surface area contributed by atoms with Gasteiger partial charge in [0, 0.05) is 18.0 Å². The van der Waals surface area contributed by atoms with Crippen LogP contribution in [0.15, 0.2) is 16.3 Å². The van der Waals surface area contributed by atoms with Crippen LogP contribution in [-0.4, -0.2) is 21.5 Å². The van der Waals surface area contributed by atoms with E-state index in [1.807, 2.05) is 13.0 Å². The Morgan fingerprint density at radius 1 is 1.25 bits per heavy atom. The zero-order chi connectivity index (χ0) is 14.4. The van der Waals surface area contributed by atoms with Crippen molar-refractivity contribution >= 4 is 21.4 Å². The van der Waals surface area contributed by atoms with E-state index >= 15 is 0 Å². The first-order valence-corrected chi connectivity index (χ1v) is 9.71. The summed E-state index contributed by atoms with van der Waals surface area (Å²) in [5, 5.41) is 3.21. The Balaban J connectivity index is 1.90. The smallest absolute Gasteiger partial charge is 0.250 e. The van der Waals surface area contributed by atoms with E-state index in [2.05, 4.69) is 10.0 Å². The number of hydrogen-bond acceptors (Lipinski definition) is 4. The summed E-state index contributed by atoms with van der Waals surface area (Å²) in [6.07, 6.45) is 6.07. The molecule has 0 saturated heterocycles. The van der Waals surface area contributed by atoms with E-state index < -0.39 is 10.0 Å². The molecule has 0 atom stereocenters. The highest BCUT2D eigenvalue weighted by atomic mass is 32.2. The fraction of sp³-hybridized carbons (Fsp3) is 0.714. The quantitative estimate of drug-likeness (QED) is 0.813. The predicted octanol–water partition coefficient (Wildman–Crippen LogP) is 2.72. The lowest BCUT2D eigenvalue weighted by molar-refractivity contribution is 0.357. The van der Waals surface area contributed by atoms with E-state index in [1.165, 1.54) is 30.6 Å². The summed E-state index contributed by atoms with van der Waals surface area (Å²) >= 11 is 1.35. The van der Waals surface area contributed by atoms with Gasteiger partial charge in [0.05, 0.1) is 0 Å². The third-order valence-electron chi connectivity index (χ3n) is 3.74. The first-order chi connectivity index (χ1) is 9.62. The minimum absolute atomic E-state index is 0.432. The minimum atomic E-state index is -3.32. The molecule has 20 heavy (non-hydrogen) atoms. The molecule has 0 bridgehead atoms. The van der Waals surface area contributed by atoms with E-state index in [-0.39, 0.29) is 0 Å². The van der Waals surface area contributed by atoms with E-state index in [1.54, 1.807) is 6.07 Å². The van der Waals surface area contributed by atoms with Gasteiger partial charge in [0.1, 0.15) is 4.21 Å². The third-order valence-corrected chi connectivity index (χ3v) is 6.74. The molecular formula is C14H24N2O2S2. The van der Waals surface area contributed by atoms with Crippen molar-refractivity contribution in [2.24, 2.45) is 5.92 Å². The molecule has 0 radical (unpaired) electrons. The van der Waals surface area contributed by atoms with E-state index in [4.69, 9.17) is 0 Å². The Hall–Kier alpha value is -0.430. The molecule has 1 saturated carbocycles. The standard InChI is InChI=1S/C14H24N2O2S2/c1-2-15-11-13-8-9-14(19-13)20(17,18)16-10-12-6-4-3-5-7-12/h8-9,12,15-16H,2-7,10-11H2,1H3. The van der Waals surface area contributed by atoms with Crippen molar-refractivity contribution in [3.63, 3.8) is 0 Å². The van der Waals surface area contributed by atoms with Crippen molar-refractivity contribution in [1.29, 1.82) is 0 Å². The molecule has 1 aliphatic rings. The first kappa shape index (κ1) is 15.9. The fourth-order valence-corrected chi connectivity index (χ4v) is 5.02. The molecule has 6 heteroatoms. The molecule has 1 fully saturated rings. The minimum Gasteiger partial charge on any atom is -0.312 e. The average molecular weight is 316 g/mol. The van der Waals surface area contributed by atoms with E-state index in [0.29, 0.717) is 16.7 Å². The number of hydrogen-bond donors (Lipinski definition) is 2. The van der Waals surface area contributed by atoms with Gasteiger partial charge in [0.2, 0.25) is 10.0 Å². The van der Waals surface area contributed by atoms with Crippen LogP contribution in [0.25, 0.3) is 0 Å². The number of thiophene rings is 1. The normalized spacial score (nSPS) is 17.4. The Kier molecular flexibility index (Phi) is 6.01. The topological polar surface area (TPSA) is 58.2 Å². The van der Waals surface area contributed by atoms with E-state index in [9.17, 15) is 8.42 Å². The van der Waals surface area contributed by atoms with Gasteiger partial charge in [-0.1, -0.05) is 26.2 Å². The molecule has 0 amide bonds. The van der Waals surface area contributed by atoms with Gasteiger partial charge in [0.15, 0.2) is 0 Å². The van der Waals surface area contributed by atoms with Gasteiger partial charge in [-0.25, -0.2) is 13.1 Å². The highest BCUT2D eigenvalue weighted by molar-refractivity contribution is 7.91. The highest BCUT2D eigenvalue weighted by Gasteiger charge is 2.20. The zero-order valence-corrected chi connectivity index (χ0v) is 13.7. The van der Waals surface area contributed by atoms with Crippen molar-refractivity contribution in [2.75, 3.05) is 13.1 Å². The SMILES string of the molecule is CCNCc1ccc(S(=O)(=O)NCC2CCCCC2)s1. The molecule has 0 aromatic carbocycles. The molecule has 1 aromatic rings. The Bertz CT molecular complexity index is 505. The summed E-state index contributed by atoms with van der Waals surface area (Å²) in [6.45, 7) is 4.25. The molecule has 2 rings (SSSR count). The molecule has 1 aliphatic carbocycles. The van der Waals surface area contributed by atoms with Gasteiger partial charge >= 0.3 is 0 Å². The summed E-state index contributed by atoms with van der Waals surface area (Å²) in [4.78, 5) is 1.06. The van der Waals surface area contributed by atoms with Crippen LogP contribution in [0.1, 0.15) is 43.9 Å². The molecule has 4 nitrogen and oxygen atoms in total. The van der Waals surface area contributed by atoms with Gasteiger partial charge in [-0.15, -0.1) is 11.3 Å². The highest BCUT2D eigenvalue weighted by Crippen LogP contribution is 2.25. The molecule has 114 valence electrons. The largest absolute Gasteiger partial charge is 0.312 e. The van der Waals surface area contributed by atoms with Crippen molar-refractivity contribution in [1.82, 2.24) is 10.0 Å². The Labute approximate surface area is 126 Å². The van der Waals surface area contributed by atoms with Crippen LogP contribution in [0, 0.1) is 5.92 Å². The van der Waals surface area contributed by atoms with Crippen LogP contribution in [0.4, 0.5) is 0 Å². The van der Waals surface area contributed by atoms with Crippen LogP contribution in [0.3, 0.4) is 0 Å². The van der Waals surface area contributed by atoms with Crippen LogP contribution in [-0.2, 0) is 16.6 Å². The van der Waals surface area contributed by atoms with Crippen molar-refractivity contribution in [2.45, 2.75) is 49.8 Å². The van der Waals surface area contributed by atoms with Crippen molar-refractivity contribution in [3.05, 3.63) is 17.0 Å². The first-order valence-electron chi connectivity index (χ1n) is 7.41. The maximum Gasteiger partial charge on any atom is 0.250 e. The Morgan fingerprint density at radius 3 is 2.70 bits per heavy atom. The van der Waals surface area contributed by atoms with Gasteiger partial charge < -0.3 is 5.32 Å². The lowest BCUT2D eigenvalue weighted by atomic mass is 9.90. The summed E-state index contributed by atoms with van der Waals surface area (Å²) in [5.41, 5.74) is 0. The summed E-state index contributed by atoms with van der Waals surface area (Å²) in [5.74, 6) is 0.514. The van der Waals surface area contributed by atoms with Gasteiger partial charge in [0.25, 0.3) is 0 Å².